The Morgan fingerprint density at radius 3 is 3.17 bits per heavy atom. The van der Waals surface area contributed by atoms with Crippen LogP contribution in [0.5, 0.6) is 0 Å². The summed E-state index contributed by atoms with van der Waals surface area (Å²) in [4.78, 5) is 0. The van der Waals surface area contributed by atoms with E-state index in [-0.39, 0.29) is 6.04 Å². The van der Waals surface area contributed by atoms with Gasteiger partial charge in [0.15, 0.2) is 5.76 Å². The first-order valence-corrected chi connectivity index (χ1v) is 4.09. The number of aromatic nitrogens is 1. The molecular weight excluding hydrogens is 156 g/mol. The van der Waals surface area contributed by atoms with Crippen LogP contribution in [-0.2, 0) is 17.8 Å². The zero-order valence-electron chi connectivity index (χ0n) is 7.04. The summed E-state index contributed by atoms with van der Waals surface area (Å²) in [5.74, 6) is 0.768. The summed E-state index contributed by atoms with van der Waals surface area (Å²) in [6, 6.07) is -0.0945. The number of hydrogen-bond donors (Lipinski definition) is 1. The molecule has 1 aliphatic rings. The fourth-order valence-corrected chi connectivity index (χ4v) is 1.41. The standard InChI is InChI=1S/C8H12N2O2/c1-5(9)8-6-4-11-3-2-7(6)10-12-8/h5H,2-4,9H2,1H3/t5-/m0/s1. The van der Waals surface area contributed by atoms with Crippen LogP contribution in [0.3, 0.4) is 0 Å². The van der Waals surface area contributed by atoms with Crippen LogP contribution in [0.15, 0.2) is 4.52 Å². The van der Waals surface area contributed by atoms with Gasteiger partial charge < -0.3 is 15.0 Å². The molecule has 0 unspecified atom stereocenters. The van der Waals surface area contributed by atoms with Gasteiger partial charge >= 0.3 is 0 Å². The van der Waals surface area contributed by atoms with E-state index in [0.717, 1.165) is 30.0 Å². The van der Waals surface area contributed by atoms with Gasteiger partial charge in [-0.05, 0) is 6.92 Å². The van der Waals surface area contributed by atoms with Crippen LogP contribution in [0.25, 0.3) is 0 Å². The Kier molecular flexibility index (Phi) is 1.86. The Balaban J connectivity index is 2.38. The quantitative estimate of drug-likeness (QED) is 0.672. The fourth-order valence-electron chi connectivity index (χ4n) is 1.41. The van der Waals surface area contributed by atoms with Crippen molar-refractivity contribution in [1.82, 2.24) is 5.16 Å². The molecule has 1 atom stereocenters. The number of rotatable bonds is 1. The molecule has 0 fully saturated rings. The number of hydrogen-bond acceptors (Lipinski definition) is 4. The predicted molar refractivity (Wildman–Crippen MR) is 42.5 cm³/mol. The van der Waals surface area contributed by atoms with E-state index in [0.29, 0.717) is 6.61 Å². The van der Waals surface area contributed by atoms with Gasteiger partial charge in [0, 0.05) is 12.0 Å². The molecular formula is C8H12N2O2. The third-order valence-corrected chi connectivity index (χ3v) is 2.04. The Hall–Kier alpha value is -0.870. The van der Waals surface area contributed by atoms with Crippen LogP contribution < -0.4 is 5.73 Å². The second-order valence-electron chi connectivity index (χ2n) is 3.06. The molecule has 0 amide bonds. The van der Waals surface area contributed by atoms with Gasteiger partial charge in [0.2, 0.25) is 0 Å². The van der Waals surface area contributed by atoms with Crippen molar-refractivity contribution in [3.8, 4) is 0 Å². The molecule has 1 aromatic heterocycles. The van der Waals surface area contributed by atoms with Gasteiger partial charge in [-0.25, -0.2) is 0 Å². The van der Waals surface area contributed by atoms with Crippen LogP contribution in [0, 0.1) is 0 Å². The first kappa shape index (κ1) is 7.76. The van der Waals surface area contributed by atoms with Crippen LogP contribution >= 0.6 is 0 Å². The SMILES string of the molecule is C[C@H](N)c1onc2c1COCC2. The number of ether oxygens (including phenoxy) is 1. The van der Waals surface area contributed by atoms with Gasteiger partial charge in [-0.2, -0.15) is 0 Å². The molecule has 12 heavy (non-hydrogen) atoms. The van der Waals surface area contributed by atoms with Crippen molar-refractivity contribution in [3.63, 3.8) is 0 Å². The lowest BCUT2D eigenvalue weighted by Gasteiger charge is -2.11. The lowest BCUT2D eigenvalue weighted by molar-refractivity contribution is 0.109. The van der Waals surface area contributed by atoms with E-state index in [9.17, 15) is 0 Å². The molecule has 0 radical (unpaired) electrons. The molecule has 0 bridgehead atoms. The predicted octanol–water partition coefficient (Wildman–Crippen LogP) is 0.767. The smallest absolute Gasteiger partial charge is 0.158 e. The largest absolute Gasteiger partial charge is 0.376 e. The van der Waals surface area contributed by atoms with E-state index in [4.69, 9.17) is 15.0 Å². The maximum atomic E-state index is 5.69. The monoisotopic (exact) mass is 168 g/mol. The van der Waals surface area contributed by atoms with E-state index in [1.807, 2.05) is 6.92 Å². The summed E-state index contributed by atoms with van der Waals surface area (Å²) in [5, 5.41) is 3.94. The molecule has 66 valence electrons. The minimum Gasteiger partial charge on any atom is -0.376 e. The molecule has 2 rings (SSSR count). The van der Waals surface area contributed by atoms with Gasteiger partial charge in [0.05, 0.1) is 24.9 Å². The lowest BCUT2D eigenvalue weighted by atomic mass is 10.1. The average molecular weight is 168 g/mol. The lowest BCUT2D eigenvalue weighted by Crippen LogP contribution is -2.13. The van der Waals surface area contributed by atoms with Crippen molar-refractivity contribution in [2.45, 2.75) is 26.0 Å². The Morgan fingerprint density at radius 1 is 1.58 bits per heavy atom. The highest BCUT2D eigenvalue weighted by atomic mass is 16.5. The molecule has 0 aromatic carbocycles. The minimum atomic E-state index is -0.0945. The first-order valence-electron chi connectivity index (χ1n) is 4.09. The molecule has 0 aliphatic carbocycles. The molecule has 2 heterocycles. The third-order valence-electron chi connectivity index (χ3n) is 2.04. The first-order chi connectivity index (χ1) is 5.79. The van der Waals surface area contributed by atoms with E-state index in [2.05, 4.69) is 5.16 Å². The maximum absolute atomic E-state index is 5.69. The normalized spacial score (nSPS) is 18.8. The van der Waals surface area contributed by atoms with E-state index >= 15 is 0 Å². The summed E-state index contributed by atoms with van der Waals surface area (Å²) < 4.78 is 10.4. The zero-order chi connectivity index (χ0) is 8.55. The topological polar surface area (TPSA) is 61.3 Å². The summed E-state index contributed by atoms with van der Waals surface area (Å²) in [6.45, 7) is 3.21. The van der Waals surface area contributed by atoms with Crippen molar-refractivity contribution in [2.75, 3.05) is 6.61 Å². The molecule has 0 spiro atoms. The molecule has 4 nitrogen and oxygen atoms in total. The molecule has 0 saturated heterocycles. The van der Waals surface area contributed by atoms with Gasteiger partial charge in [-0.15, -0.1) is 0 Å². The summed E-state index contributed by atoms with van der Waals surface area (Å²) in [7, 11) is 0. The summed E-state index contributed by atoms with van der Waals surface area (Å²) >= 11 is 0. The Morgan fingerprint density at radius 2 is 2.42 bits per heavy atom. The minimum absolute atomic E-state index is 0.0945. The third kappa shape index (κ3) is 1.13. The Bertz CT molecular complexity index is 281. The zero-order valence-corrected chi connectivity index (χ0v) is 7.04. The van der Waals surface area contributed by atoms with E-state index in [1.165, 1.54) is 0 Å². The molecule has 2 N–H and O–H groups in total. The van der Waals surface area contributed by atoms with Crippen molar-refractivity contribution in [2.24, 2.45) is 5.73 Å². The molecule has 1 aromatic rings. The van der Waals surface area contributed by atoms with E-state index in [1.54, 1.807) is 0 Å². The van der Waals surface area contributed by atoms with Crippen LogP contribution in [0.2, 0.25) is 0 Å². The molecule has 0 saturated carbocycles. The highest BCUT2D eigenvalue weighted by Crippen LogP contribution is 2.23. The van der Waals surface area contributed by atoms with Crippen molar-refractivity contribution in [3.05, 3.63) is 17.0 Å². The number of nitrogens with zero attached hydrogens (tertiary/aromatic N) is 1. The Labute approximate surface area is 70.7 Å². The van der Waals surface area contributed by atoms with Gasteiger partial charge in [0.1, 0.15) is 0 Å². The van der Waals surface area contributed by atoms with Crippen LogP contribution in [0.1, 0.15) is 30.0 Å². The summed E-state index contributed by atoms with van der Waals surface area (Å²) in [5.41, 5.74) is 7.75. The summed E-state index contributed by atoms with van der Waals surface area (Å²) in [6.07, 6.45) is 0.839. The second-order valence-corrected chi connectivity index (χ2v) is 3.06. The second kappa shape index (κ2) is 2.88. The molecule has 4 heteroatoms. The maximum Gasteiger partial charge on any atom is 0.158 e. The fraction of sp³-hybridized carbons (Fsp3) is 0.625. The highest BCUT2D eigenvalue weighted by molar-refractivity contribution is 5.25. The van der Waals surface area contributed by atoms with Crippen LogP contribution in [0.4, 0.5) is 0 Å². The number of nitrogens with two attached hydrogens (primary N) is 1. The van der Waals surface area contributed by atoms with Gasteiger partial charge in [0.25, 0.3) is 0 Å². The van der Waals surface area contributed by atoms with Crippen molar-refractivity contribution >= 4 is 0 Å². The van der Waals surface area contributed by atoms with Gasteiger partial charge in [-0.3, -0.25) is 0 Å². The van der Waals surface area contributed by atoms with E-state index < -0.39 is 0 Å². The van der Waals surface area contributed by atoms with Crippen LogP contribution in [-0.4, -0.2) is 11.8 Å². The molecule has 1 aliphatic heterocycles. The number of fused-ring (bicyclic) bond motifs is 1. The highest BCUT2D eigenvalue weighted by Gasteiger charge is 2.21. The van der Waals surface area contributed by atoms with Crippen molar-refractivity contribution in [1.29, 1.82) is 0 Å². The average Bonchev–Trinajstić information content (AvgIpc) is 2.47. The van der Waals surface area contributed by atoms with Crippen molar-refractivity contribution < 1.29 is 9.26 Å². The van der Waals surface area contributed by atoms with Gasteiger partial charge in [-0.1, -0.05) is 5.16 Å².